The summed E-state index contributed by atoms with van der Waals surface area (Å²) in [4.78, 5) is 84.7. The molecule has 5 aromatic rings. The monoisotopic (exact) mass is 927 g/mol. The van der Waals surface area contributed by atoms with Crippen molar-refractivity contribution in [3.8, 4) is 0 Å². The van der Waals surface area contributed by atoms with Crippen LogP contribution in [-0.4, -0.2) is 110 Å². The van der Waals surface area contributed by atoms with Gasteiger partial charge in [0.1, 0.15) is 36.2 Å². The van der Waals surface area contributed by atoms with Crippen molar-refractivity contribution in [2.45, 2.75) is 75.7 Å². The van der Waals surface area contributed by atoms with E-state index in [4.69, 9.17) is 51.2 Å². The van der Waals surface area contributed by atoms with E-state index < -0.39 is 98.9 Å². The summed E-state index contributed by atoms with van der Waals surface area (Å²) in [6.07, 6.45) is -9.88. The van der Waals surface area contributed by atoms with Crippen molar-refractivity contribution < 1.29 is 60.1 Å². The van der Waals surface area contributed by atoms with Crippen LogP contribution in [0.1, 0.15) is 48.9 Å². The highest BCUT2D eigenvalue weighted by Crippen LogP contribution is 2.73. The molecule has 4 fully saturated rings. The van der Waals surface area contributed by atoms with Gasteiger partial charge in [0.2, 0.25) is 0 Å². The number of carbonyl (C=O) groups is 2. The number of aromatic amines is 1. The van der Waals surface area contributed by atoms with Gasteiger partial charge in [0.15, 0.2) is 46.8 Å². The number of H-pyrrole nitrogens is 1. The standard InChI is InChI=1S/C34H34F3N9O11P2S2/c1-15(2)17(47)8-20-42-28-23(30(49)43-20)41-14-46(28)31-21(35)24-18(54-31)9-52-59(51,61)57-25-32(55-19(10-53-58(50,60)56-24)33(25)11-34(33,36)37)45-13-40-22-26(38-12-39-27(22)45)44-29(48)16-6-4-3-5-7-16/h3-7,12-15,18-19,21,24-25,31-32H,8-11H2,1-2H3,(H,50,60)(H,51,61)(H,42,43,49)(H,38,39,44,48)/t18-,19-,21-,24-,25+,31-,32-,33-,58?,59?/m1/s1. The first-order valence-corrected chi connectivity index (χ1v) is 23.7. The van der Waals surface area contributed by atoms with E-state index in [0.717, 1.165) is 17.2 Å². The van der Waals surface area contributed by atoms with Crippen molar-refractivity contribution in [1.82, 2.24) is 39.0 Å². The van der Waals surface area contributed by atoms with E-state index in [0.29, 0.717) is 5.56 Å². The van der Waals surface area contributed by atoms with Crippen molar-refractivity contribution in [2.24, 2.45) is 11.3 Å². The van der Waals surface area contributed by atoms with Gasteiger partial charge in [-0.25, -0.2) is 38.1 Å². The Balaban J connectivity index is 1.03. The molecular weight excluding hydrogens is 894 g/mol. The molecular formula is C34H34F3N9O11P2S2. The fraction of sp³-hybridized carbons (Fsp3) is 0.471. The summed E-state index contributed by atoms with van der Waals surface area (Å²) in [6, 6.07) is 8.25. The van der Waals surface area contributed by atoms with Crippen LogP contribution in [0.25, 0.3) is 22.3 Å². The molecule has 61 heavy (non-hydrogen) atoms. The first-order valence-electron chi connectivity index (χ1n) is 18.5. The number of ether oxygens (including phenoxy) is 2. The van der Waals surface area contributed by atoms with Crippen LogP contribution in [-0.2, 0) is 62.4 Å². The number of rotatable bonds is 7. The number of Topliss-reactive ketones (excluding diaryl/α,β-unsaturated/α-hetero) is 1. The molecule has 9 rings (SSSR count). The maximum atomic E-state index is 16.6. The van der Waals surface area contributed by atoms with E-state index in [2.05, 4.69) is 35.2 Å². The van der Waals surface area contributed by atoms with Crippen LogP contribution in [0.2, 0.25) is 0 Å². The van der Waals surface area contributed by atoms with Gasteiger partial charge >= 0.3 is 13.4 Å². The minimum atomic E-state index is -4.60. The van der Waals surface area contributed by atoms with Crippen LogP contribution >= 0.6 is 13.4 Å². The number of fused-ring (bicyclic) bond motifs is 3. The lowest BCUT2D eigenvalue weighted by Gasteiger charge is -2.29. The Labute approximate surface area is 351 Å². The predicted octanol–water partition coefficient (Wildman–Crippen LogP) is 3.39. The van der Waals surface area contributed by atoms with Crippen molar-refractivity contribution in [1.29, 1.82) is 0 Å². The minimum Gasteiger partial charge on any atom is -0.349 e. The Kier molecular flexibility index (Phi) is 10.7. The number of halogens is 3. The molecule has 3 aliphatic heterocycles. The number of aromatic nitrogens is 8. The van der Waals surface area contributed by atoms with Crippen molar-refractivity contribution in [3.05, 3.63) is 71.1 Å². The molecule has 7 heterocycles. The van der Waals surface area contributed by atoms with Gasteiger partial charge in [-0.2, -0.15) is 0 Å². The maximum Gasteiger partial charge on any atom is 0.325 e. The second-order valence-corrected chi connectivity index (χ2v) is 20.7. The summed E-state index contributed by atoms with van der Waals surface area (Å²) in [5, 5.41) is 2.66. The summed E-state index contributed by atoms with van der Waals surface area (Å²) in [5.41, 5.74) is -2.92. The zero-order valence-corrected chi connectivity index (χ0v) is 35.0. The van der Waals surface area contributed by atoms with Gasteiger partial charge in [0.05, 0.1) is 43.8 Å². The number of hydrogen-bond acceptors (Lipinski definition) is 16. The zero-order valence-electron chi connectivity index (χ0n) is 31.6. The first kappa shape index (κ1) is 42.3. The van der Waals surface area contributed by atoms with E-state index in [9.17, 15) is 24.2 Å². The quantitative estimate of drug-likeness (QED) is 0.171. The molecule has 20 nitrogen and oxygen atoms in total. The summed E-state index contributed by atoms with van der Waals surface area (Å²) in [7, 11) is 0. The van der Waals surface area contributed by atoms with Crippen LogP contribution in [0.4, 0.5) is 19.0 Å². The number of nitrogens with zero attached hydrogens (tertiary/aromatic N) is 7. The van der Waals surface area contributed by atoms with Crippen molar-refractivity contribution in [2.75, 3.05) is 18.5 Å². The Morgan fingerprint density at radius 2 is 1.64 bits per heavy atom. The van der Waals surface area contributed by atoms with Crippen LogP contribution in [0, 0.1) is 11.3 Å². The molecule has 1 amide bonds. The van der Waals surface area contributed by atoms with Gasteiger partial charge in [-0.3, -0.25) is 32.6 Å². The summed E-state index contributed by atoms with van der Waals surface area (Å²) < 4.78 is 85.4. The van der Waals surface area contributed by atoms with Crippen LogP contribution in [0.3, 0.4) is 0 Å². The third-order valence-corrected chi connectivity index (χ3v) is 14.0. The number of hydrogen-bond donors (Lipinski definition) is 4. The van der Waals surface area contributed by atoms with Crippen LogP contribution < -0.4 is 10.9 Å². The molecule has 0 radical (unpaired) electrons. The molecule has 10 atom stereocenters. The Morgan fingerprint density at radius 1 is 0.967 bits per heavy atom. The normalized spacial score (nSPS) is 33.6. The minimum absolute atomic E-state index is 0.00547. The third-order valence-electron chi connectivity index (χ3n) is 10.9. The first-order chi connectivity index (χ1) is 28.9. The zero-order chi connectivity index (χ0) is 43.2. The van der Waals surface area contributed by atoms with Gasteiger partial charge in [-0.15, -0.1) is 0 Å². The third kappa shape index (κ3) is 7.57. The number of carbonyl (C=O) groups excluding carboxylic acids is 2. The molecule has 2 unspecified atom stereocenters. The lowest BCUT2D eigenvalue weighted by molar-refractivity contribution is -0.121. The van der Waals surface area contributed by atoms with E-state index in [-0.39, 0.29) is 52.1 Å². The highest BCUT2D eigenvalue weighted by atomic mass is 32.5. The number of amides is 1. The number of anilines is 1. The molecule has 1 spiro atoms. The molecule has 1 aliphatic carbocycles. The highest BCUT2D eigenvalue weighted by molar-refractivity contribution is 8.07. The Bertz CT molecular complexity index is 2730. The second kappa shape index (κ2) is 15.4. The maximum absolute atomic E-state index is 16.6. The molecule has 4 N–H and O–H groups in total. The fourth-order valence-corrected chi connectivity index (χ4v) is 10.6. The van der Waals surface area contributed by atoms with Gasteiger partial charge < -0.3 is 38.6 Å². The van der Waals surface area contributed by atoms with Gasteiger partial charge in [-0.1, -0.05) is 32.0 Å². The largest absolute Gasteiger partial charge is 0.349 e. The van der Waals surface area contributed by atoms with Gasteiger partial charge in [0, 0.05) is 17.9 Å². The van der Waals surface area contributed by atoms with E-state index in [1.54, 1.807) is 44.2 Å². The molecule has 2 bridgehead atoms. The molecule has 27 heteroatoms. The van der Waals surface area contributed by atoms with Gasteiger partial charge in [0.25, 0.3) is 17.4 Å². The second-order valence-electron chi connectivity index (χ2n) is 15.1. The number of benzene rings is 1. The molecule has 1 aromatic carbocycles. The predicted molar refractivity (Wildman–Crippen MR) is 211 cm³/mol. The van der Waals surface area contributed by atoms with E-state index in [1.165, 1.54) is 10.9 Å². The molecule has 4 aliphatic rings. The number of ketones is 1. The molecule has 3 saturated heterocycles. The van der Waals surface area contributed by atoms with Crippen LogP contribution in [0.15, 0.2) is 54.1 Å². The molecule has 4 aromatic heterocycles. The summed E-state index contributed by atoms with van der Waals surface area (Å²) in [5.74, 6) is -4.64. The highest BCUT2D eigenvalue weighted by Gasteiger charge is 2.84. The van der Waals surface area contributed by atoms with E-state index >= 15 is 13.2 Å². The summed E-state index contributed by atoms with van der Waals surface area (Å²) in [6.45, 7) is -7.42. The van der Waals surface area contributed by atoms with Gasteiger partial charge in [-0.05, 0) is 35.7 Å². The average molecular weight is 928 g/mol. The Hall–Kier alpha value is -3.97. The SMILES string of the molecule is CC(C)C(=O)Cc1nc2c(ncn2[C@@H]2O[C@@H]3COP(O)(=S)O[C@H]4[C@H](n5cnc6c(NC(=O)c7ccccc7)ncnc65)O[C@H](COP(O)(=S)O[C@H]3[C@H]2F)[C@]42CC2(F)F)c(=O)[nH]1. The number of nitrogens with one attached hydrogen (secondary N) is 2. The van der Waals surface area contributed by atoms with Crippen molar-refractivity contribution in [3.63, 3.8) is 0 Å². The van der Waals surface area contributed by atoms with E-state index in [1.807, 2.05) is 0 Å². The lowest BCUT2D eigenvalue weighted by atomic mass is 9.94. The molecule has 324 valence electrons. The lowest BCUT2D eigenvalue weighted by Crippen LogP contribution is -2.37. The number of alkyl halides is 3. The topological polar surface area (TPSA) is 249 Å². The smallest absolute Gasteiger partial charge is 0.325 e. The average Bonchev–Trinajstić information content (AvgIpc) is 3.71. The van der Waals surface area contributed by atoms with Crippen molar-refractivity contribution >= 4 is 76.9 Å². The number of imidazole rings is 2. The summed E-state index contributed by atoms with van der Waals surface area (Å²) >= 11 is 10.6. The Morgan fingerprint density at radius 3 is 2.34 bits per heavy atom. The van der Waals surface area contributed by atoms with Crippen LogP contribution in [0.5, 0.6) is 0 Å². The molecule has 1 saturated carbocycles. The fourth-order valence-electron chi connectivity index (χ4n) is 7.70.